The van der Waals surface area contributed by atoms with Crippen LogP contribution in [0.3, 0.4) is 0 Å². The van der Waals surface area contributed by atoms with Crippen LogP contribution in [0.2, 0.25) is 0 Å². The summed E-state index contributed by atoms with van der Waals surface area (Å²) in [6.07, 6.45) is 2.49. The van der Waals surface area contributed by atoms with Crippen LogP contribution < -0.4 is 10.6 Å². The summed E-state index contributed by atoms with van der Waals surface area (Å²) >= 11 is 1.61. The molecule has 0 unspecified atom stereocenters. The highest BCUT2D eigenvalue weighted by atomic mass is 32.1. The number of rotatable bonds is 9. The normalized spacial score (nSPS) is 12.3. The fourth-order valence-corrected chi connectivity index (χ4v) is 4.68. The van der Waals surface area contributed by atoms with Crippen molar-refractivity contribution in [1.29, 1.82) is 0 Å². The van der Waals surface area contributed by atoms with Crippen LogP contribution in [0.25, 0.3) is 11.3 Å². The molecule has 1 amide bonds. The summed E-state index contributed by atoms with van der Waals surface area (Å²) in [4.78, 5) is 28.1. The molecule has 0 bridgehead atoms. The van der Waals surface area contributed by atoms with Crippen molar-refractivity contribution in [3.05, 3.63) is 75.1 Å². The largest absolute Gasteiger partial charge is 0.376 e. The van der Waals surface area contributed by atoms with Crippen molar-refractivity contribution < 1.29 is 14.7 Å². The monoisotopic (exact) mass is 495 g/mol. The Bertz CT molecular complexity index is 1120. The molecular weight excluding hydrogens is 458 g/mol. The molecule has 1 aromatic heterocycles. The van der Waals surface area contributed by atoms with Crippen LogP contribution in [0.4, 0.5) is 0 Å². The van der Waals surface area contributed by atoms with Crippen LogP contribution in [0.1, 0.15) is 66.2 Å². The number of Topliss-reactive ketones (excluding diaryl/α,β-unsaturated/α-hetero) is 1. The van der Waals surface area contributed by atoms with E-state index in [1.807, 2.05) is 49.6 Å². The Kier molecular flexibility index (Phi) is 10.8. The molecule has 1 atom stereocenters. The van der Waals surface area contributed by atoms with Gasteiger partial charge in [0.2, 0.25) is 5.91 Å². The molecule has 3 N–H and O–H groups in total. The van der Waals surface area contributed by atoms with E-state index in [4.69, 9.17) is 5.11 Å². The number of aryl methyl sites for hydroxylation is 3. The van der Waals surface area contributed by atoms with Gasteiger partial charge in [-0.1, -0.05) is 57.2 Å². The van der Waals surface area contributed by atoms with E-state index in [1.165, 1.54) is 5.56 Å². The molecule has 0 aliphatic heterocycles. The first-order chi connectivity index (χ1) is 16.8. The van der Waals surface area contributed by atoms with E-state index in [1.54, 1.807) is 25.3 Å². The lowest BCUT2D eigenvalue weighted by atomic mass is 9.85. The number of amides is 1. The SMILES string of the molecule is CC[C@@](NC)(C(=O)NCO)c1ccc(-c2csc(C)n2)cc1.CCc1ccc(CC)c(C(C)=O)c1. The van der Waals surface area contributed by atoms with E-state index in [-0.39, 0.29) is 18.4 Å². The van der Waals surface area contributed by atoms with Gasteiger partial charge in [0.25, 0.3) is 0 Å². The summed E-state index contributed by atoms with van der Waals surface area (Å²) in [5, 5.41) is 17.6. The Morgan fingerprint density at radius 1 is 1.06 bits per heavy atom. The molecule has 0 aliphatic carbocycles. The summed E-state index contributed by atoms with van der Waals surface area (Å²) in [5.74, 6) is -0.0654. The molecule has 188 valence electrons. The van der Waals surface area contributed by atoms with Gasteiger partial charge in [-0.15, -0.1) is 11.3 Å². The third kappa shape index (κ3) is 6.84. The molecule has 0 fully saturated rings. The number of hydrogen-bond donors (Lipinski definition) is 3. The van der Waals surface area contributed by atoms with Gasteiger partial charge in [0.1, 0.15) is 12.3 Å². The number of hydrogen-bond acceptors (Lipinski definition) is 6. The molecule has 0 saturated heterocycles. The number of benzene rings is 2. The summed E-state index contributed by atoms with van der Waals surface area (Å²) in [6.45, 7) is 9.35. The molecule has 0 spiro atoms. The van der Waals surface area contributed by atoms with E-state index in [0.29, 0.717) is 6.42 Å². The van der Waals surface area contributed by atoms with Gasteiger partial charge in [-0.3, -0.25) is 9.59 Å². The Hall–Kier alpha value is -2.87. The lowest BCUT2D eigenvalue weighted by Crippen LogP contribution is -2.52. The fourth-order valence-electron chi connectivity index (χ4n) is 4.05. The number of thiazole rings is 1. The first kappa shape index (κ1) is 28.4. The molecule has 0 radical (unpaired) electrons. The van der Waals surface area contributed by atoms with Crippen LogP contribution in [0, 0.1) is 6.92 Å². The summed E-state index contributed by atoms with van der Waals surface area (Å²) in [7, 11) is 1.75. The smallest absolute Gasteiger partial charge is 0.246 e. The molecule has 3 aromatic rings. The summed E-state index contributed by atoms with van der Waals surface area (Å²) < 4.78 is 0. The van der Waals surface area contributed by atoms with Crippen LogP contribution in [-0.4, -0.2) is 35.6 Å². The van der Waals surface area contributed by atoms with Gasteiger partial charge in [0, 0.05) is 16.5 Å². The maximum absolute atomic E-state index is 12.3. The lowest BCUT2D eigenvalue weighted by Gasteiger charge is -2.31. The standard InChI is InChI=1S/C16H21N3O2S.C12H16O/c1-4-16(17-3,15(21)18-10-20)13-7-5-12(6-8-13)14-9-22-11(2)19-14;1-4-10-6-7-11(5-2)12(8-10)9(3)13/h5-9,17,20H,4,10H2,1-3H3,(H,18,21);6-8H,4-5H2,1-3H3/t16-;/m0./s1. The highest BCUT2D eigenvalue weighted by molar-refractivity contribution is 7.09. The van der Waals surface area contributed by atoms with E-state index >= 15 is 0 Å². The second kappa shape index (κ2) is 13.3. The number of carbonyl (C=O) groups excluding carboxylic acids is 2. The molecule has 0 aliphatic rings. The molecule has 1 heterocycles. The topological polar surface area (TPSA) is 91.3 Å². The van der Waals surface area contributed by atoms with Gasteiger partial charge in [-0.25, -0.2) is 4.98 Å². The average molecular weight is 496 g/mol. The van der Waals surface area contributed by atoms with Crippen molar-refractivity contribution in [3.63, 3.8) is 0 Å². The van der Waals surface area contributed by atoms with Gasteiger partial charge in [-0.2, -0.15) is 0 Å². The van der Waals surface area contributed by atoms with Crippen molar-refractivity contribution in [1.82, 2.24) is 15.6 Å². The number of carbonyl (C=O) groups is 2. The number of nitrogens with one attached hydrogen (secondary N) is 2. The van der Waals surface area contributed by atoms with E-state index in [2.05, 4.69) is 41.6 Å². The Labute approximate surface area is 212 Å². The van der Waals surface area contributed by atoms with Crippen molar-refractivity contribution in [2.24, 2.45) is 0 Å². The number of ketones is 1. The maximum Gasteiger partial charge on any atom is 0.246 e. The number of likely N-dealkylation sites (N-methyl/N-ethyl adjacent to an activating group) is 1. The van der Waals surface area contributed by atoms with Crippen molar-refractivity contribution in [2.45, 2.75) is 59.4 Å². The van der Waals surface area contributed by atoms with Crippen LogP contribution in [0.15, 0.2) is 47.8 Å². The number of aliphatic hydroxyl groups excluding tert-OH is 1. The summed E-state index contributed by atoms with van der Waals surface area (Å²) in [6, 6.07) is 14.0. The second-order valence-electron chi connectivity index (χ2n) is 8.26. The van der Waals surface area contributed by atoms with Gasteiger partial charge in [0.15, 0.2) is 5.78 Å². The van der Waals surface area contributed by atoms with Gasteiger partial charge >= 0.3 is 0 Å². The molecule has 0 saturated carbocycles. The molecular formula is C28H37N3O3S. The van der Waals surface area contributed by atoms with Crippen molar-refractivity contribution in [3.8, 4) is 11.3 Å². The second-order valence-corrected chi connectivity index (χ2v) is 9.32. The highest BCUT2D eigenvalue weighted by Gasteiger charge is 2.36. The zero-order valence-corrected chi connectivity index (χ0v) is 22.4. The number of aliphatic hydroxyl groups is 1. The number of aromatic nitrogens is 1. The highest BCUT2D eigenvalue weighted by Crippen LogP contribution is 2.28. The molecule has 7 heteroatoms. The van der Waals surface area contributed by atoms with E-state index in [9.17, 15) is 9.59 Å². The average Bonchev–Trinajstić information content (AvgIpc) is 3.32. The molecule has 2 aromatic carbocycles. The molecule has 6 nitrogen and oxygen atoms in total. The summed E-state index contributed by atoms with van der Waals surface area (Å²) in [5.41, 5.74) is 5.27. The maximum atomic E-state index is 12.3. The van der Waals surface area contributed by atoms with Gasteiger partial charge in [0.05, 0.1) is 10.7 Å². The lowest BCUT2D eigenvalue weighted by molar-refractivity contribution is -0.129. The first-order valence-corrected chi connectivity index (χ1v) is 12.9. The minimum absolute atomic E-state index is 0.173. The van der Waals surface area contributed by atoms with E-state index < -0.39 is 5.54 Å². The zero-order chi connectivity index (χ0) is 26.0. The molecule has 35 heavy (non-hydrogen) atoms. The van der Waals surface area contributed by atoms with Crippen LogP contribution in [0.5, 0.6) is 0 Å². The van der Waals surface area contributed by atoms with Crippen LogP contribution >= 0.6 is 11.3 Å². The van der Waals surface area contributed by atoms with Gasteiger partial charge < -0.3 is 15.7 Å². The zero-order valence-electron chi connectivity index (χ0n) is 21.6. The third-order valence-corrected chi connectivity index (χ3v) is 6.99. The first-order valence-electron chi connectivity index (χ1n) is 12.0. The van der Waals surface area contributed by atoms with E-state index in [0.717, 1.165) is 45.8 Å². The Morgan fingerprint density at radius 3 is 2.20 bits per heavy atom. The Morgan fingerprint density at radius 2 is 1.74 bits per heavy atom. The van der Waals surface area contributed by atoms with Crippen molar-refractivity contribution >= 4 is 23.0 Å². The minimum Gasteiger partial charge on any atom is -0.376 e. The predicted octanol–water partition coefficient (Wildman–Crippen LogP) is 5.02. The third-order valence-electron chi connectivity index (χ3n) is 6.22. The van der Waals surface area contributed by atoms with Crippen molar-refractivity contribution in [2.75, 3.05) is 13.8 Å². The Balaban J connectivity index is 0.000000283. The van der Waals surface area contributed by atoms with Crippen LogP contribution in [-0.2, 0) is 23.2 Å². The minimum atomic E-state index is -0.848. The fraction of sp³-hybridized carbons (Fsp3) is 0.393. The van der Waals surface area contributed by atoms with Gasteiger partial charge in [-0.05, 0) is 62.9 Å². The number of nitrogens with zero attached hydrogens (tertiary/aromatic N) is 1. The quantitative estimate of drug-likeness (QED) is 0.286. The molecule has 3 rings (SSSR count). The predicted molar refractivity (Wildman–Crippen MR) is 144 cm³/mol.